The van der Waals surface area contributed by atoms with Gasteiger partial charge < -0.3 is 20.5 Å². The quantitative estimate of drug-likeness (QED) is 0.821. The van der Waals surface area contributed by atoms with Crippen LogP contribution in [-0.4, -0.2) is 37.5 Å². The van der Waals surface area contributed by atoms with Crippen molar-refractivity contribution < 1.29 is 14.3 Å². The number of carbonyl (C=O) groups excluding carboxylic acids is 1. The predicted octanol–water partition coefficient (Wildman–Crippen LogP) is 2.05. The number of nitrogens with one attached hydrogen (secondary N) is 1. The maximum Gasteiger partial charge on any atom is 0.407 e. The normalized spacial score (nSPS) is 20.7. The third kappa shape index (κ3) is 6.25. The van der Waals surface area contributed by atoms with Crippen molar-refractivity contribution in [3.05, 3.63) is 0 Å². The van der Waals surface area contributed by atoms with Gasteiger partial charge in [-0.15, -0.1) is 0 Å². The largest absolute Gasteiger partial charge is 0.444 e. The van der Waals surface area contributed by atoms with Crippen LogP contribution in [0.4, 0.5) is 4.79 Å². The Morgan fingerprint density at radius 2 is 2.00 bits per heavy atom. The van der Waals surface area contributed by atoms with E-state index in [2.05, 4.69) is 12.2 Å². The smallest absolute Gasteiger partial charge is 0.407 e. The molecule has 1 saturated heterocycles. The van der Waals surface area contributed by atoms with Crippen molar-refractivity contribution in [2.75, 3.05) is 19.8 Å². The van der Waals surface area contributed by atoms with Crippen molar-refractivity contribution >= 4 is 6.09 Å². The van der Waals surface area contributed by atoms with Crippen LogP contribution < -0.4 is 11.1 Å². The Labute approximate surface area is 116 Å². The van der Waals surface area contributed by atoms with Gasteiger partial charge in [-0.2, -0.15) is 0 Å². The van der Waals surface area contributed by atoms with Crippen LogP contribution >= 0.6 is 0 Å². The molecule has 0 radical (unpaired) electrons. The van der Waals surface area contributed by atoms with E-state index in [0.717, 1.165) is 32.5 Å². The molecule has 1 unspecified atom stereocenters. The van der Waals surface area contributed by atoms with Gasteiger partial charge in [-0.3, -0.25) is 0 Å². The number of amides is 1. The van der Waals surface area contributed by atoms with E-state index in [0.29, 0.717) is 6.54 Å². The van der Waals surface area contributed by atoms with Crippen LogP contribution in [0.1, 0.15) is 47.0 Å². The molecule has 0 aromatic heterocycles. The monoisotopic (exact) mass is 272 g/mol. The van der Waals surface area contributed by atoms with Crippen LogP contribution in [0.25, 0.3) is 0 Å². The Bertz CT molecular complexity index is 294. The van der Waals surface area contributed by atoms with Crippen molar-refractivity contribution in [2.45, 2.75) is 58.6 Å². The molecule has 0 aromatic carbocycles. The highest BCUT2D eigenvalue weighted by molar-refractivity contribution is 5.68. The van der Waals surface area contributed by atoms with Gasteiger partial charge >= 0.3 is 6.09 Å². The second kappa shape index (κ2) is 6.57. The average Bonchev–Trinajstić information content (AvgIpc) is 2.26. The SMILES string of the molecule is CC1(CC(CN)NC(=O)OC(C)(C)C)CCOCC1. The zero-order valence-electron chi connectivity index (χ0n) is 12.6. The van der Waals surface area contributed by atoms with Crippen molar-refractivity contribution in [1.29, 1.82) is 0 Å². The van der Waals surface area contributed by atoms with Crippen LogP contribution in [0.2, 0.25) is 0 Å². The highest BCUT2D eigenvalue weighted by Crippen LogP contribution is 2.34. The third-order valence-electron chi connectivity index (χ3n) is 3.44. The molecule has 0 aromatic rings. The van der Waals surface area contributed by atoms with E-state index < -0.39 is 11.7 Å². The Kier molecular flexibility index (Phi) is 5.62. The molecular formula is C14H28N2O3. The fourth-order valence-corrected chi connectivity index (χ4v) is 2.33. The first-order valence-electron chi connectivity index (χ1n) is 7.01. The number of rotatable bonds is 4. The lowest BCUT2D eigenvalue weighted by Crippen LogP contribution is -2.46. The molecule has 5 heteroatoms. The Hall–Kier alpha value is -0.810. The first kappa shape index (κ1) is 16.2. The van der Waals surface area contributed by atoms with Gasteiger partial charge in [0.05, 0.1) is 0 Å². The van der Waals surface area contributed by atoms with Crippen LogP contribution in [0.5, 0.6) is 0 Å². The summed E-state index contributed by atoms with van der Waals surface area (Å²) in [5.41, 5.74) is 5.47. The molecule has 1 aliphatic heterocycles. The second-order valence-corrected chi connectivity index (χ2v) is 6.71. The summed E-state index contributed by atoms with van der Waals surface area (Å²) in [4.78, 5) is 11.8. The van der Waals surface area contributed by atoms with Gasteiger partial charge in [-0.1, -0.05) is 6.92 Å². The van der Waals surface area contributed by atoms with Crippen molar-refractivity contribution in [1.82, 2.24) is 5.32 Å². The van der Waals surface area contributed by atoms with E-state index in [1.54, 1.807) is 0 Å². The van der Waals surface area contributed by atoms with Crippen LogP contribution in [0.15, 0.2) is 0 Å². The number of hydrogen-bond donors (Lipinski definition) is 2. The minimum Gasteiger partial charge on any atom is -0.444 e. The number of ether oxygens (including phenoxy) is 2. The first-order chi connectivity index (χ1) is 8.74. The highest BCUT2D eigenvalue weighted by Gasteiger charge is 2.31. The molecule has 19 heavy (non-hydrogen) atoms. The molecule has 1 aliphatic rings. The molecule has 1 rings (SSSR count). The van der Waals surface area contributed by atoms with Gasteiger partial charge in [0.2, 0.25) is 0 Å². The van der Waals surface area contributed by atoms with E-state index in [1.165, 1.54) is 0 Å². The van der Waals surface area contributed by atoms with Crippen LogP contribution in [-0.2, 0) is 9.47 Å². The number of nitrogens with two attached hydrogens (primary N) is 1. The van der Waals surface area contributed by atoms with Gasteiger partial charge in [0.15, 0.2) is 0 Å². The molecule has 0 aliphatic carbocycles. The van der Waals surface area contributed by atoms with Gasteiger partial charge in [0.1, 0.15) is 5.60 Å². The Morgan fingerprint density at radius 3 is 2.47 bits per heavy atom. The Balaban J connectivity index is 2.47. The van der Waals surface area contributed by atoms with E-state index in [1.807, 2.05) is 20.8 Å². The first-order valence-corrected chi connectivity index (χ1v) is 7.01. The molecule has 5 nitrogen and oxygen atoms in total. The summed E-state index contributed by atoms with van der Waals surface area (Å²) in [6, 6.07) is -0.0436. The zero-order chi connectivity index (χ0) is 14.5. The third-order valence-corrected chi connectivity index (χ3v) is 3.44. The lowest BCUT2D eigenvalue weighted by Gasteiger charge is -2.36. The van der Waals surface area contributed by atoms with Gasteiger partial charge in [-0.25, -0.2) is 4.79 Å². The fourth-order valence-electron chi connectivity index (χ4n) is 2.33. The van der Waals surface area contributed by atoms with Crippen molar-refractivity contribution in [2.24, 2.45) is 11.1 Å². The topological polar surface area (TPSA) is 73.6 Å². The molecular weight excluding hydrogens is 244 g/mol. The van der Waals surface area contributed by atoms with Gasteiger partial charge in [0, 0.05) is 25.8 Å². The number of alkyl carbamates (subject to hydrolysis) is 1. The van der Waals surface area contributed by atoms with E-state index in [9.17, 15) is 4.79 Å². The molecule has 1 heterocycles. The zero-order valence-corrected chi connectivity index (χ0v) is 12.6. The maximum atomic E-state index is 11.8. The summed E-state index contributed by atoms with van der Waals surface area (Å²) < 4.78 is 10.6. The minimum atomic E-state index is -0.480. The fraction of sp³-hybridized carbons (Fsp3) is 0.929. The predicted molar refractivity (Wildman–Crippen MR) is 75.0 cm³/mol. The molecule has 112 valence electrons. The molecule has 0 bridgehead atoms. The lowest BCUT2D eigenvalue weighted by atomic mass is 9.77. The molecule has 0 spiro atoms. The number of carbonyl (C=O) groups is 1. The molecule has 3 N–H and O–H groups in total. The summed E-state index contributed by atoms with van der Waals surface area (Å²) in [6.45, 7) is 9.79. The van der Waals surface area contributed by atoms with Crippen molar-refractivity contribution in [3.8, 4) is 0 Å². The number of hydrogen-bond acceptors (Lipinski definition) is 4. The summed E-state index contributed by atoms with van der Waals surface area (Å²) in [7, 11) is 0. The second-order valence-electron chi connectivity index (χ2n) is 6.71. The highest BCUT2D eigenvalue weighted by atomic mass is 16.6. The van der Waals surface area contributed by atoms with Gasteiger partial charge in [-0.05, 0) is 45.4 Å². The lowest BCUT2D eigenvalue weighted by molar-refractivity contribution is 0.0131. The molecule has 1 amide bonds. The van der Waals surface area contributed by atoms with Gasteiger partial charge in [0.25, 0.3) is 0 Å². The maximum absolute atomic E-state index is 11.8. The van der Waals surface area contributed by atoms with Crippen molar-refractivity contribution in [3.63, 3.8) is 0 Å². The summed E-state index contributed by atoms with van der Waals surface area (Å²) in [5, 5.41) is 2.87. The molecule has 1 atom stereocenters. The standard InChI is InChI=1S/C14H28N2O3/c1-13(2,3)19-12(17)16-11(10-15)9-14(4)5-7-18-8-6-14/h11H,5-10,15H2,1-4H3,(H,16,17). The van der Waals surface area contributed by atoms with E-state index in [-0.39, 0.29) is 11.5 Å². The van der Waals surface area contributed by atoms with E-state index in [4.69, 9.17) is 15.2 Å². The summed E-state index contributed by atoms with van der Waals surface area (Å²) in [6.07, 6.45) is 2.50. The Morgan fingerprint density at radius 1 is 1.42 bits per heavy atom. The van der Waals surface area contributed by atoms with Crippen LogP contribution in [0, 0.1) is 5.41 Å². The summed E-state index contributed by atoms with van der Waals surface area (Å²) >= 11 is 0. The summed E-state index contributed by atoms with van der Waals surface area (Å²) in [5.74, 6) is 0. The van der Waals surface area contributed by atoms with E-state index >= 15 is 0 Å². The molecule has 1 fully saturated rings. The minimum absolute atomic E-state index is 0.0436. The van der Waals surface area contributed by atoms with Crippen LogP contribution in [0.3, 0.4) is 0 Å². The molecule has 0 saturated carbocycles. The average molecular weight is 272 g/mol.